The maximum absolute atomic E-state index is 12.6. The van der Waals surface area contributed by atoms with Gasteiger partial charge in [0.05, 0.1) is 6.20 Å². The minimum absolute atomic E-state index is 0.339. The van der Waals surface area contributed by atoms with Crippen molar-refractivity contribution in [1.29, 1.82) is 5.41 Å². The van der Waals surface area contributed by atoms with Gasteiger partial charge in [-0.1, -0.05) is 6.92 Å². The number of rotatable bonds is 8. The lowest BCUT2D eigenvalue weighted by Gasteiger charge is -2.06. The van der Waals surface area contributed by atoms with E-state index in [1.165, 1.54) is 12.3 Å². The van der Waals surface area contributed by atoms with Crippen LogP contribution in [-0.4, -0.2) is 30.3 Å². The van der Waals surface area contributed by atoms with Crippen LogP contribution in [0.5, 0.6) is 0 Å². The van der Waals surface area contributed by atoms with Crippen LogP contribution in [0.3, 0.4) is 0 Å². The Labute approximate surface area is 101 Å². The third kappa shape index (κ3) is 5.97. The van der Waals surface area contributed by atoms with E-state index in [0.717, 1.165) is 19.5 Å². The van der Waals surface area contributed by atoms with Crippen molar-refractivity contribution in [2.24, 2.45) is 0 Å². The lowest BCUT2D eigenvalue weighted by atomic mass is 10.2. The number of nitrogens with one attached hydrogen (secondary N) is 3. The molecule has 94 valence electrons. The highest BCUT2D eigenvalue weighted by molar-refractivity contribution is 5.81. The van der Waals surface area contributed by atoms with Gasteiger partial charge in [0.1, 0.15) is 11.6 Å². The molecule has 0 atom stereocenters. The van der Waals surface area contributed by atoms with E-state index in [1.54, 1.807) is 6.07 Å². The van der Waals surface area contributed by atoms with Gasteiger partial charge in [-0.3, -0.25) is 0 Å². The largest absolute Gasteiger partial charge is 0.370 e. The molecule has 5 heteroatoms. The Morgan fingerprint density at radius 1 is 1.35 bits per heavy atom. The molecule has 1 aromatic heterocycles. The summed E-state index contributed by atoms with van der Waals surface area (Å²) in [5.74, 6) is 0.305. The second-order valence-corrected chi connectivity index (χ2v) is 3.75. The van der Waals surface area contributed by atoms with Crippen LogP contribution >= 0.6 is 0 Å². The molecule has 0 radical (unpaired) electrons. The van der Waals surface area contributed by atoms with Crippen LogP contribution in [0.1, 0.15) is 19.8 Å². The Balaban J connectivity index is 2.14. The number of aromatic nitrogens is 1. The van der Waals surface area contributed by atoms with Gasteiger partial charge >= 0.3 is 0 Å². The molecule has 0 amide bonds. The average molecular weight is 238 g/mol. The minimum Gasteiger partial charge on any atom is -0.370 e. The predicted molar refractivity (Wildman–Crippen MR) is 68.2 cm³/mol. The fourth-order valence-corrected chi connectivity index (χ4v) is 1.36. The van der Waals surface area contributed by atoms with Crippen LogP contribution in [0.15, 0.2) is 18.3 Å². The first-order chi connectivity index (χ1) is 8.22. The molecular weight excluding hydrogens is 219 g/mol. The fraction of sp³-hybridized carbons (Fsp3) is 0.500. The molecule has 17 heavy (non-hydrogen) atoms. The number of halogens is 1. The van der Waals surface area contributed by atoms with Crippen LogP contribution in [0, 0.1) is 11.2 Å². The molecule has 1 rings (SSSR count). The Morgan fingerprint density at radius 3 is 2.76 bits per heavy atom. The summed E-state index contributed by atoms with van der Waals surface area (Å²) in [4.78, 5) is 3.88. The molecule has 0 saturated heterocycles. The van der Waals surface area contributed by atoms with Gasteiger partial charge in [0, 0.05) is 25.2 Å². The lowest BCUT2D eigenvalue weighted by molar-refractivity contribution is 0.621. The van der Waals surface area contributed by atoms with Gasteiger partial charge in [-0.15, -0.1) is 0 Å². The highest BCUT2D eigenvalue weighted by Gasteiger charge is 1.98. The smallest absolute Gasteiger partial charge is 0.141 e. The van der Waals surface area contributed by atoms with Crippen molar-refractivity contribution in [1.82, 2.24) is 10.3 Å². The first-order valence-corrected chi connectivity index (χ1v) is 5.85. The van der Waals surface area contributed by atoms with Crippen molar-refractivity contribution in [3.63, 3.8) is 0 Å². The van der Waals surface area contributed by atoms with Crippen LogP contribution in [-0.2, 0) is 0 Å². The standard InChI is InChI=1S/C12H19FN4/c1-2-15-7-5-11(14)6-8-16-12-4-3-10(13)9-17-12/h3-4,9,14-15H,2,5-8H2,1H3,(H,16,17). The zero-order valence-electron chi connectivity index (χ0n) is 10.1. The van der Waals surface area contributed by atoms with E-state index < -0.39 is 0 Å². The molecule has 0 aromatic carbocycles. The number of hydrogen-bond acceptors (Lipinski definition) is 4. The van der Waals surface area contributed by atoms with Gasteiger partial charge in [0.25, 0.3) is 0 Å². The van der Waals surface area contributed by atoms with Crippen molar-refractivity contribution in [3.05, 3.63) is 24.1 Å². The summed E-state index contributed by atoms with van der Waals surface area (Å²) in [6.07, 6.45) is 2.63. The second-order valence-electron chi connectivity index (χ2n) is 3.75. The monoisotopic (exact) mass is 238 g/mol. The first-order valence-electron chi connectivity index (χ1n) is 5.85. The number of anilines is 1. The molecule has 1 aromatic rings. The molecule has 0 saturated carbocycles. The maximum Gasteiger partial charge on any atom is 0.141 e. The van der Waals surface area contributed by atoms with E-state index in [4.69, 9.17) is 5.41 Å². The Hall–Kier alpha value is -1.49. The van der Waals surface area contributed by atoms with E-state index in [-0.39, 0.29) is 5.82 Å². The molecule has 4 nitrogen and oxygen atoms in total. The molecule has 0 spiro atoms. The average Bonchev–Trinajstić information content (AvgIpc) is 2.32. The van der Waals surface area contributed by atoms with Gasteiger partial charge in [-0.25, -0.2) is 9.37 Å². The maximum atomic E-state index is 12.6. The Morgan fingerprint density at radius 2 is 2.12 bits per heavy atom. The Kier molecular flexibility index (Phi) is 6.17. The topological polar surface area (TPSA) is 60.8 Å². The first kappa shape index (κ1) is 13.6. The number of pyridine rings is 1. The van der Waals surface area contributed by atoms with Crippen LogP contribution in [0.4, 0.5) is 10.2 Å². The summed E-state index contributed by atoms with van der Waals surface area (Å²) in [7, 11) is 0. The van der Waals surface area contributed by atoms with Gasteiger partial charge in [0.2, 0.25) is 0 Å². The van der Waals surface area contributed by atoms with Gasteiger partial charge in [-0.2, -0.15) is 0 Å². The summed E-state index contributed by atoms with van der Waals surface area (Å²) < 4.78 is 12.6. The van der Waals surface area contributed by atoms with Crippen molar-refractivity contribution >= 4 is 11.5 Å². The summed E-state index contributed by atoms with van der Waals surface area (Å²) in [5, 5.41) is 13.9. The van der Waals surface area contributed by atoms with Crippen LogP contribution in [0.2, 0.25) is 0 Å². The van der Waals surface area contributed by atoms with E-state index >= 15 is 0 Å². The van der Waals surface area contributed by atoms with E-state index in [0.29, 0.717) is 24.5 Å². The van der Waals surface area contributed by atoms with Crippen molar-refractivity contribution in [2.75, 3.05) is 25.0 Å². The molecule has 0 unspecified atom stereocenters. The van der Waals surface area contributed by atoms with E-state index in [9.17, 15) is 4.39 Å². The molecule has 1 heterocycles. The number of nitrogens with zero attached hydrogens (tertiary/aromatic N) is 1. The van der Waals surface area contributed by atoms with Crippen LogP contribution < -0.4 is 10.6 Å². The fourth-order valence-electron chi connectivity index (χ4n) is 1.36. The summed E-state index contributed by atoms with van der Waals surface area (Å²) in [6.45, 7) is 4.49. The number of hydrogen-bond donors (Lipinski definition) is 3. The van der Waals surface area contributed by atoms with Crippen LogP contribution in [0.25, 0.3) is 0 Å². The summed E-state index contributed by atoms with van der Waals surface area (Å²) >= 11 is 0. The molecule has 0 aliphatic heterocycles. The zero-order chi connectivity index (χ0) is 12.5. The highest BCUT2D eigenvalue weighted by atomic mass is 19.1. The Bertz CT molecular complexity index is 337. The second kappa shape index (κ2) is 7.73. The van der Waals surface area contributed by atoms with Crippen molar-refractivity contribution in [2.45, 2.75) is 19.8 Å². The van der Waals surface area contributed by atoms with Gasteiger partial charge in [0.15, 0.2) is 0 Å². The normalized spacial score (nSPS) is 10.2. The van der Waals surface area contributed by atoms with E-state index in [1.807, 2.05) is 6.92 Å². The van der Waals surface area contributed by atoms with E-state index in [2.05, 4.69) is 15.6 Å². The molecule has 3 N–H and O–H groups in total. The summed E-state index contributed by atoms with van der Waals surface area (Å²) in [5.41, 5.74) is 0.709. The predicted octanol–water partition coefficient (Wildman–Crippen LogP) is 2.04. The molecule has 0 fully saturated rings. The van der Waals surface area contributed by atoms with Crippen molar-refractivity contribution in [3.8, 4) is 0 Å². The third-order valence-electron chi connectivity index (χ3n) is 2.31. The zero-order valence-corrected chi connectivity index (χ0v) is 10.1. The minimum atomic E-state index is -0.339. The highest BCUT2D eigenvalue weighted by Crippen LogP contribution is 2.03. The molecule has 0 bridgehead atoms. The SMILES string of the molecule is CCNCCC(=N)CCNc1ccc(F)cn1. The molecule has 0 aliphatic carbocycles. The lowest BCUT2D eigenvalue weighted by Crippen LogP contribution is -2.18. The molecular formula is C12H19FN4. The third-order valence-corrected chi connectivity index (χ3v) is 2.31. The molecule has 0 aliphatic rings. The summed E-state index contributed by atoms with van der Waals surface area (Å²) in [6, 6.07) is 2.96. The quantitative estimate of drug-likeness (QED) is 0.480. The van der Waals surface area contributed by atoms with Gasteiger partial charge in [-0.05, 0) is 25.1 Å². The van der Waals surface area contributed by atoms with Gasteiger partial charge < -0.3 is 16.0 Å². The van der Waals surface area contributed by atoms with Crippen molar-refractivity contribution < 1.29 is 4.39 Å².